The van der Waals surface area contributed by atoms with Crippen LogP contribution >= 0.6 is 11.6 Å². The summed E-state index contributed by atoms with van der Waals surface area (Å²) in [6.45, 7) is 0. The fourth-order valence-electron chi connectivity index (χ4n) is 1.64. The third-order valence-corrected chi connectivity index (χ3v) is 4.71. The molecule has 1 heterocycles. The Morgan fingerprint density at radius 1 is 1.16 bits per heavy atom. The van der Waals surface area contributed by atoms with Crippen LogP contribution in [0.3, 0.4) is 0 Å². The Bertz CT molecular complexity index is 659. The van der Waals surface area contributed by atoms with Crippen molar-refractivity contribution in [2.75, 3.05) is 11.4 Å². The van der Waals surface area contributed by atoms with Gasteiger partial charge in [0, 0.05) is 13.2 Å². The maximum Gasteiger partial charge on any atom is 0.239 e. The normalized spacial score (nSPS) is 11.3. The highest BCUT2D eigenvalue weighted by molar-refractivity contribution is 7.92. The number of hydrogen-bond donors (Lipinski definition) is 0. The minimum absolute atomic E-state index is 0.0738. The molecule has 0 aliphatic rings. The summed E-state index contributed by atoms with van der Waals surface area (Å²) in [4.78, 5) is 3.88. The topological polar surface area (TPSA) is 50.3 Å². The standard InChI is InChI=1S/C13H13ClN2O2S/c1-16(12-8-5-9-15-13(12)14)19(17,18)10-11-6-3-2-4-7-11/h2-9H,10H2,1H3. The molecule has 0 aliphatic heterocycles. The Morgan fingerprint density at radius 2 is 1.84 bits per heavy atom. The van der Waals surface area contributed by atoms with Gasteiger partial charge in [-0.05, 0) is 17.7 Å². The van der Waals surface area contributed by atoms with Crippen molar-refractivity contribution in [3.05, 3.63) is 59.4 Å². The highest BCUT2D eigenvalue weighted by Gasteiger charge is 2.21. The molecule has 6 heteroatoms. The maximum absolute atomic E-state index is 12.3. The van der Waals surface area contributed by atoms with E-state index in [0.29, 0.717) is 5.69 Å². The lowest BCUT2D eigenvalue weighted by Crippen LogP contribution is -2.28. The van der Waals surface area contributed by atoms with Crippen LogP contribution in [0.1, 0.15) is 5.56 Å². The Morgan fingerprint density at radius 3 is 2.47 bits per heavy atom. The van der Waals surface area contributed by atoms with Gasteiger partial charge in [0.05, 0.1) is 11.4 Å². The van der Waals surface area contributed by atoms with Crippen molar-refractivity contribution in [2.45, 2.75) is 5.75 Å². The second-order valence-corrected chi connectivity index (χ2v) is 6.38. The molecule has 4 nitrogen and oxygen atoms in total. The number of anilines is 1. The second-order valence-electron chi connectivity index (χ2n) is 4.02. The van der Waals surface area contributed by atoms with Gasteiger partial charge in [0.15, 0.2) is 5.15 Å². The molecule has 2 rings (SSSR count). The summed E-state index contributed by atoms with van der Waals surface area (Å²) < 4.78 is 25.7. The van der Waals surface area contributed by atoms with Crippen molar-refractivity contribution in [3.8, 4) is 0 Å². The number of rotatable bonds is 4. The lowest BCUT2D eigenvalue weighted by atomic mass is 10.2. The van der Waals surface area contributed by atoms with Gasteiger partial charge in [-0.3, -0.25) is 4.31 Å². The highest BCUT2D eigenvalue weighted by Crippen LogP contribution is 2.25. The summed E-state index contributed by atoms with van der Waals surface area (Å²) in [5, 5.41) is 0.168. The molecule has 0 saturated heterocycles. The van der Waals surface area contributed by atoms with E-state index >= 15 is 0 Å². The summed E-state index contributed by atoms with van der Waals surface area (Å²) in [6, 6.07) is 12.3. The van der Waals surface area contributed by atoms with Crippen LogP contribution in [0.4, 0.5) is 5.69 Å². The number of halogens is 1. The number of benzene rings is 1. The SMILES string of the molecule is CN(c1cccnc1Cl)S(=O)(=O)Cc1ccccc1. The molecule has 0 N–H and O–H groups in total. The van der Waals surface area contributed by atoms with Crippen LogP contribution in [-0.2, 0) is 15.8 Å². The average molecular weight is 297 g/mol. The number of hydrogen-bond acceptors (Lipinski definition) is 3. The van der Waals surface area contributed by atoms with Crippen LogP contribution in [0.5, 0.6) is 0 Å². The van der Waals surface area contributed by atoms with E-state index in [1.807, 2.05) is 18.2 Å². The summed E-state index contributed by atoms with van der Waals surface area (Å²) in [7, 11) is -2.01. The summed E-state index contributed by atoms with van der Waals surface area (Å²) in [5.41, 5.74) is 1.11. The quantitative estimate of drug-likeness (QED) is 0.815. The Kier molecular flexibility index (Phi) is 4.07. The molecule has 1 aromatic heterocycles. The molecule has 0 atom stereocenters. The van der Waals surface area contributed by atoms with E-state index in [1.165, 1.54) is 13.2 Å². The predicted octanol–water partition coefficient (Wildman–Crippen LogP) is 2.70. The Balaban J connectivity index is 2.28. The average Bonchev–Trinajstić information content (AvgIpc) is 2.39. The first-order chi connectivity index (χ1) is 9.00. The van der Waals surface area contributed by atoms with Gasteiger partial charge in [0.25, 0.3) is 0 Å². The van der Waals surface area contributed by atoms with Crippen LogP contribution in [0.15, 0.2) is 48.7 Å². The molecule has 0 spiro atoms. The van der Waals surface area contributed by atoms with Crippen LogP contribution in [-0.4, -0.2) is 20.4 Å². The van der Waals surface area contributed by atoms with E-state index in [1.54, 1.807) is 24.3 Å². The smallest absolute Gasteiger partial charge is 0.239 e. The molecule has 0 saturated carbocycles. The van der Waals surface area contributed by atoms with Crippen molar-refractivity contribution in [1.29, 1.82) is 0 Å². The number of sulfonamides is 1. The zero-order valence-corrected chi connectivity index (χ0v) is 11.9. The molecule has 19 heavy (non-hydrogen) atoms. The van der Waals surface area contributed by atoms with Gasteiger partial charge in [0.1, 0.15) is 0 Å². The number of pyridine rings is 1. The van der Waals surface area contributed by atoms with E-state index in [-0.39, 0.29) is 10.9 Å². The van der Waals surface area contributed by atoms with Crippen molar-refractivity contribution in [2.24, 2.45) is 0 Å². The predicted molar refractivity (Wildman–Crippen MR) is 76.7 cm³/mol. The van der Waals surface area contributed by atoms with E-state index < -0.39 is 10.0 Å². The largest absolute Gasteiger partial charge is 0.270 e. The van der Waals surface area contributed by atoms with Gasteiger partial charge in [-0.15, -0.1) is 0 Å². The number of nitrogens with zero attached hydrogens (tertiary/aromatic N) is 2. The van der Waals surface area contributed by atoms with Crippen LogP contribution in [0.25, 0.3) is 0 Å². The molecule has 100 valence electrons. The van der Waals surface area contributed by atoms with Gasteiger partial charge in [-0.25, -0.2) is 13.4 Å². The van der Waals surface area contributed by atoms with E-state index in [2.05, 4.69) is 4.98 Å². The first kappa shape index (κ1) is 13.8. The highest BCUT2D eigenvalue weighted by atomic mass is 35.5. The summed E-state index contributed by atoms with van der Waals surface area (Å²) in [6.07, 6.45) is 1.52. The second kappa shape index (κ2) is 5.59. The van der Waals surface area contributed by atoms with Crippen molar-refractivity contribution in [3.63, 3.8) is 0 Å². The number of aromatic nitrogens is 1. The third kappa shape index (κ3) is 3.24. The third-order valence-electron chi connectivity index (χ3n) is 2.69. The lowest BCUT2D eigenvalue weighted by Gasteiger charge is -2.19. The van der Waals surface area contributed by atoms with Gasteiger partial charge in [0.2, 0.25) is 10.0 Å². The maximum atomic E-state index is 12.3. The first-order valence-electron chi connectivity index (χ1n) is 5.62. The molecule has 1 aromatic carbocycles. The summed E-state index contributed by atoms with van der Waals surface area (Å²) in [5.74, 6) is -0.0738. The van der Waals surface area contributed by atoms with Gasteiger partial charge in [-0.2, -0.15) is 0 Å². The van der Waals surface area contributed by atoms with E-state index in [9.17, 15) is 8.42 Å². The Hall–Kier alpha value is -1.59. The van der Waals surface area contributed by atoms with Crippen LogP contribution in [0.2, 0.25) is 5.15 Å². The minimum Gasteiger partial charge on any atom is -0.270 e. The fraction of sp³-hybridized carbons (Fsp3) is 0.154. The van der Waals surface area contributed by atoms with Crippen molar-refractivity contribution < 1.29 is 8.42 Å². The van der Waals surface area contributed by atoms with Crippen molar-refractivity contribution in [1.82, 2.24) is 4.98 Å². The van der Waals surface area contributed by atoms with Crippen LogP contribution in [0, 0.1) is 0 Å². The zero-order chi connectivity index (χ0) is 13.9. The summed E-state index contributed by atoms with van der Waals surface area (Å²) >= 11 is 5.91. The minimum atomic E-state index is -3.48. The van der Waals surface area contributed by atoms with E-state index in [0.717, 1.165) is 9.87 Å². The van der Waals surface area contributed by atoms with Gasteiger partial charge >= 0.3 is 0 Å². The molecule has 0 bridgehead atoms. The monoisotopic (exact) mass is 296 g/mol. The van der Waals surface area contributed by atoms with Gasteiger partial charge in [-0.1, -0.05) is 41.9 Å². The molecule has 0 aliphatic carbocycles. The lowest BCUT2D eigenvalue weighted by molar-refractivity contribution is 0.593. The van der Waals surface area contributed by atoms with Crippen LogP contribution < -0.4 is 4.31 Å². The molecule has 2 aromatic rings. The molecule has 0 amide bonds. The van der Waals surface area contributed by atoms with E-state index in [4.69, 9.17) is 11.6 Å². The first-order valence-corrected chi connectivity index (χ1v) is 7.60. The molecule has 0 fully saturated rings. The van der Waals surface area contributed by atoms with Crippen molar-refractivity contribution >= 4 is 27.3 Å². The zero-order valence-electron chi connectivity index (χ0n) is 10.3. The molecular formula is C13H13ClN2O2S. The Labute approximate surface area is 117 Å². The fourth-order valence-corrected chi connectivity index (χ4v) is 3.19. The van der Waals surface area contributed by atoms with Gasteiger partial charge < -0.3 is 0 Å². The molecular weight excluding hydrogens is 284 g/mol. The molecule has 0 unspecified atom stereocenters. The molecule has 0 radical (unpaired) electrons.